The largest absolute Gasteiger partial charge is 0.329 e. The number of nitrogens with two attached hydrogens (primary N) is 1. The molecule has 1 atom stereocenters. The van der Waals surface area contributed by atoms with Crippen molar-refractivity contribution in [2.45, 2.75) is 19.9 Å². The van der Waals surface area contributed by atoms with Crippen LogP contribution in [0.4, 0.5) is 0 Å². The van der Waals surface area contributed by atoms with Crippen molar-refractivity contribution in [1.82, 2.24) is 14.9 Å². The van der Waals surface area contributed by atoms with Gasteiger partial charge in [-0.05, 0) is 20.9 Å². The minimum Gasteiger partial charge on any atom is -0.329 e. The third kappa shape index (κ3) is 2.49. The topological polar surface area (TPSA) is 55.0 Å². The van der Waals surface area contributed by atoms with Crippen LogP contribution in [0.5, 0.6) is 0 Å². The monoisotopic (exact) mass is 194 g/mol. The smallest absolute Gasteiger partial charge is 0.0784 e. The molecule has 0 bridgehead atoms. The van der Waals surface area contributed by atoms with Crippen LogP contribution in [0.1, 0.15) is 24.4 Å². The van der Waals surface area contributed by atoms with Gasteiger partial charge in [-0.25, -0.2) is 0 Å². The summed E-state index contributed by atoms with van der Waals surface area (Å²) < 4.78 is 0. The average molecular weight is 194 g/mol. The van der Waals surface area contributed by atoms with Crippen molar-refractivity contribution in [1.29, 1.82) is 0 Å². The van der Waals surface area contributed by atoms with Gasteiger partial charge in [0.15, 0.2) is 0 Å². The Morgan fingerprint density at radius 3 is 2.64 bits per heavy atom. The van der Waals surface area contributed by atoms with E-state index >= 15 is 0 Å². The van der Waals surface area contributed by atoms with E-state index < -0.39 is 0 Å². The number of nitrogens with zero attached hydrogens (tertiary/aromatic N) is 3. The Morgan fingerprint density at radius 1 is 1.43 bits per heavy atom. The predicted molar refractivity (Wildman–Crippen MR) is 56.9 cm³/mol. The van der Waals surface area contributed by atoms with Crippen LogP contribution in [0, 0.1) is 6.92 Å². The fraction of sp³-hybridized carbons (Fsp3) is 0.600. The van der Waals surface area contributed by atoms with Gasteiger partial charge in [-0.2, -0.15) is 0 Å². The standard InChI is InChI=1S/C10H18N4/c1-8-10(13-6-5-12-8)9(2)14(3)7-4-11/h5-6,9H,4,7,11H2,1-3H3. The summed E-state index contributed by atoms with van der Waals surface area (Å²) in [6.45, 7) is 5.64. The molecule has 4 heteroatoms. The van der Waals surface area contributed by atoms with Gasteiger partial charge >= 0.3 is 0 Å². The molecule has 1 unspecified atom stereocenters. The van der Waals surface area contributed by atoms with Crippen LogP contribution in [0.2, 0.25) is 0 Å². The van der Waals surface area contributed by atoms with Gasteiger partial charge in [0, 0.05) is 25.5 Å². The first-order valence-electron chi connectivity index (χ1n) is 4.84. The van der Waals surface area contributed by atoms with Gasteiger partial charge in [-0.3, -0.25) is 14.9 Å². The first-order valence-corrected chi connectivity index (χ1v) is 4.84. The average Bonchev–Trinajstić information content (AvgIpc) is 2.18. The normalized spacial score (nSPS) is 13.2. The van der Waals surface area contributed by atoms with Crippen molar-refractivity contribution >= 4 is 0 Å². The highest BCUT2D eigenvalue weighted by atomic mass is 15.1. The van der Waals surface area contributed by atoms with E-state index in [1.165, 1.54) is 0 Å². The summed E-state index contributed by atoms with van der Waals surface area (Å²) in [4.78, 5) is 10.7. The Balaban J connectivity index is 2.78. The molecule has 14 heavy (non-hydrogen) atoms. The maximum absolute atomic E-state index is 5.51. The quantitative estimate of drug-likeness (QED) is 0.768. The third-order valence-corrected chi connectivity index (χ3v) is 2.46. The molecular weight excluding hydrogens is 176 g/mol. The first kappa shape index (κ1) is 11.1. The molecule has 0 aliphatic carbocycles. The number of aryl methyl sites for hydroxylation is 1. The Hall–Kier alpha value is -1.00. The van der Waals surface area contributed by atoms with Crippen LogP contribution >= 0.6 is 0 Å². The van der Waals surface area contributed by atoms with E-state index in [-0.39, 0.29) is 6.04 Å². The van der Waals surface area contributed by atoms with Crippen LogP contribution in [0.15, 0.2) is 12.4 Å². The highest BCUT2D eigenvalue weighted by Gasteiger charge is 2.14. The zero-order valence-corrected chi connectivity index (χ0v) is 9.07. The van der Waals surface area contributed by atoms with Crippen molar-refractivity contribution < 1.29 is 0 Å². The SMILES string of the molecule is Cc1nccnc1C(C)N(C)CCN. The summed E-state index contributed by atoms with van der Waals surface area (Å²) in [5.41, 5.74) is 7.53. The molecule has 0 fully saturated rings. The number of hydrogen-bond donors (Lipinski definition) is 1. The Bertz CT molecular complexity index is 287. The molecule has 1 aromatic heterocycles. The summed E-state index contributed by atoms with van der Waals surface area (Å²) in [5.74, 6) is 0. The van der Waals surface area contributed by atoms with Crippen LogP contribution in [-0.2, 0) is 0 Å². The van der Waals surface area contributed by atoms with Crippen molar-refractivity contribution in [3.05, 3.63) is 23.8 Å². The fourth-order valence-corrected chi connectivity index (χ4v) is 1.43. The highest BCUT2D eigenvalue weighted by molar-refractivity contribution is 5.12. The molecule has 0 aliphatic rings. The van der Waals surface area contributed by atoms with Gasteiger partial charge in [0.2, 0.25) is 0 Å². The van der Waals surface area contributed by atoms with Crippen molar-refractivity contribution in [3.63, 3.8) is 0 Å². The zero-order valence-electron chi connectivity index (χ0n) is 9.07. The molecule has 1 rings (SSSR count). The summed E-state index contributed by atoms with van der Waals surface area (Å²) in [6.07, 6.45) is 3.45. The van der Waals surface area contributed by atoms with Gasteiger partial charge in [-0.15, -0.1) is 0 Å². The second-order valence-corrected chi connectivity index (χ2v) is 3.47. The van der Waals surface area contributed by atoms with Crippen LogP contribution in [-0.4, -0.2) is 35.0 Å². The van der Waals surface area contributed by atoms with Gasteiger partial charge in [-0.1, -0.05) is 0 Å². The molecule has 78 valence electrons. The number of hydrogen-bond acceptors (Lipinski definition) is 4. The summed E-state index contributed by atoms with van der Waals surface area (Å²) in [5, 5.41) is 0. The lowest BCUT2D eigenvalue weighted by molar-refractivity contribution is 0.263. The van der Waals surface area contributed by atoms with Gasteiger partial charge < -0.3 is 5.73 Å². The first-order chi connectivity index (χ1) is 6.66. The molecule has 0 saturated carbocycles. The zero-order chi connectivity index (χ0) is 10.6. The van der Waals surface area contributed by atoms with Crippen molar-refractivity contribution in [2.75, 3.05) is 20.1 Å². The number of rotatable bonds is 4. The summed E-state index contributed by atoms with van der Waals surface area (Å²) in [6, 6.07) is 0.271. The third-order valence-electron chi connectivity index (χ3n) is 2.46. The molecule has 0 amide bonds. The molecule has 1 heterocycles. The van der Waals surface area contributed by atoms with E-state index in [9.17, 15) is 0 Å². The van der Waals surface area contributed by atoms with E-state index in [2.05, 4.69) is 21.8 Å². The molecular formula is C10H18N4. The van der Waals surface area contributed by atoms with Crippen LogP contribution in [0.25, 0.3) is 0 Å². The summed E-state index contributed by atoms with van der Waals surface area (Å²) in [7, 11) is 2.05. The lowest BCUT2D eigenvalue weighted by Crippen LogP contribution is -2.29. The molecule has 0 radical (unpaired) electrons. The second-order valence-electron chi connectivity index (χ2n) is 3.47. The van der Waals surface area contributed by atoms with Gasteiger partial charge in [0.05, 0.1) is 17.4 Å². The molecule has 1 aromatic rings. The van der Waals surface area contributed by atoms with Crippen LogP contribution < -0.4 is 5.73 Å². The van der Waals surface area contributed by atoms with E-state index in [1.54, 1.807) is 12.4 Å². The Morgan fingerprint density at radius 2 is 2.07 bits per heavy atom. The van der Waals surface area contributed by atoms with Gasteiger partial charge in [0.25, 0.3) is 0 Å². The number of aromatic nitrogens is 2. The van der Waals surface area contributed by atoms with Crippen molar-refractivity contribution in [2.24, 2.45) is 5.73 Å². The lowest BCUT2D eigenvalue weighted by Gasteiger charge is -2.24. The highest BCUT2D eigenvalue weighted by Crippen LogP contribution is 2.17. The Labute approximate surface area is 85.2 Å². The summed E-state index contributed by atoms with van der Waals surface area (Å²) >= 11 is 0. The lowest BCUT2D eigenvalue weighted by atomic mass is 10.1. The maximum Gasteiger partial charge on any atom is 0.0784 e. The molecule has 0 saturated heterocycles. The predicted octanol–water partition coefficient (Wildman–Crippen LogP) is 0.737. The number of likely N-dealkylation sites (N-methyl/N-ethyl adjacent to an activating group) is 1. The minimum atomic E-state index is 0.271. The van der Waals surface area contributed by atoms with E-state index in [0.29, 0.717) is 6.54 Å². The molecule has 0 aliphatic heterocycles. The minimum absolute atomic E-state index is 0.271. The van der Waals surface area contributed by atoms with E-state index in [0.717, 1.165) is 17.9 Å². The molecule has 2 N–H and O–H groups in total. The molecule has 0 spiro atoms. The van der Waals surface area contributed by atoms with E-state index in [1.807, 2.05) is 14.0 Å². The second kappa shape index (κ2) is 5.02. The Kier molecular flexibility index (Phi) is 3.98. The van der Waals surface area contributed by atoms with Gasteiger partial charge in [0.1, 0.15) is 0 Å². The van der Waals surface area contributed by atoms with Crippen LogP contribution in [0.3, 0.4) is 0 Å². The van der Waals surface area contributed by atoms with E-state index in [4.69, 9.17) is 5.73 Å². The maximum atomic E-state index is 5.51. The van der Waals surface area contributed by atoms with Crippen molar-refractivity contribution in [3.8, 4) is 0 Å². The molecule has 0 aromatic carbocycles. The fourth-order valence-electron chi connectivity index (χ4n) is 1.43. The molecule has 4 nitrogen and oxygen atoms in total.